The van der Waals surface area contributed by atoms with E-state index in [0.717, 1.165) is 37.5 Å². The molecule has 2 N–H and O–H groups in total. The number of amides is 1. The van der Waals surface area contributed by atoms with E-state index in [2.05, 4.69) is 0 Å². The largest absolute Gasteiger partial charge is 0.480 e. The Morgan fingerprint density at radius 2 is 1.73 bits per heavy atom. The summed E-state index contributed by atoms with van der Waals surface area (Å²) in [4.78, 5) is 66.1. The molecule has 2 aromatic rings. The quantitative estimate of drug-likeness (QED) is 0.290. The van der Waals surface area contributed by atoms with E-state index < -0.39 is 42.5 Å². The summed E-state index contributed by atoms with van der Waals surface area (Å²) in [5.74, 6) is -2.93. The average molecular weight is 680 g/mol. The van der Waals surface area contributed by atoms with Gasteiger partial charge in [0.1, 0.15) is 33.5 Å². The van der Waals surface area contributed by atoms with Crippen LogP contribution >= 0.6 is 47.1 Å². The Morgan fingerprint density at radius 1 is 1.05 bits per heavy atom. The number of nitrogens with zero attached hydrogens (tertiary/aromatic N) is 3. The number of esters is 1. The molecular weight excluding hydrogens is 655 g/mol. The number of carbonyl (C=O) groups excluding carboxylic acids is 2. The molecule has 3 aliphatic heterocycles. The first-order chi connectivity index (χ1) is 20.9. The Hall–Kier alpha value is -3.80. The van der Waals surface area contributed by atoms with E-state index in [1.165, 1.54) is 11.8 Å². The van der Waals surface area contributed by atoms with Gasteiger partial charge in [0.2, 0.25) is 6.79 Å². The van der Waals surface area contributed by atoms with Gasteiger partial charge in [0, 0.05) is 17.0 Å². The lowest BCUT2D eigenvalue weighted by Gasteiger charge is -2.20. The fourth-order valence-electron chi connectivity index (χ4n) is 4.56. The van der Waals surface area contributed by atoms with Crippen molar-refractivity contribution in [2.45, 2.75) is 32.2 Å². The monoisotopic (exact) mass is 679 g/mol. The highest BCUT2D eigenvalue weighted by Gasteiger charge is 2.36. The number of carboxylic acid groups (broad SMARTS) is 2. The predicted molar refractivity (Wildman–Crippen MR) is 167 cm³/mol. The van der Waals surface area contributed by atoms with Gasteiger partial charge in [-0.25, -0.2) is 0 Å². The van der Waals surface area contributed by atoms with Crippen LogP contribution in [0.1, 0.15) is 20.8 Å². The second kappa shape index (κ2) is 12.7. The first-order valence-electron chi connectivity index (χ1n) is 13.1. The van der Waals surface area contributed by atoms with Crippen LogP contribution in [-0.4, -0.2) is 74.3 Å². The average Bonchev–Trinajstić information content (AvgIpc) is 3.68. The van der Waals surface area contributed by atoms with Crippen LogP contribution in [0.3, 0.4) is 0 Å². The standard InChI is InChI=1S/C27H25N3O10S4/c1-4-38-21(35)10-28-14-6-15-16(40-11-39-15)7-17(14)42-18(28)5-13(12(2)3)22-24(36)29(8-19(31)32)26(43-22)23-25(37)30(9-20(33)34)27(41)44-23/h5-7,12H,4,8-11H2,1-3H3,(H,31,32)(H,33,34). The lowest BCUT2D eigenvalue weighted by molar-refractivity contribution is -0.141. The third-order valence-electron chi connectivity index (χ3n) is 6.49. The highest BCUT2D eigenvalue weighted by atomic mass is 32.2. The van der Waals surface area contributed by atoms with Gasteiger partial charge >= 0.3 is 17.9 Å². The molecule has 1 fully saturated rings. The molecule has 0 bridgehead atoms. The highest BCUT2D eigenvalue weighted by Crippen LogP contribution is 2.51. The zero-order valence-electron chi connectivity index (χ0n) is 23.5. The Labute approximate surface area is 267 Å². The number of thioether (sulfide) groups is 2. The number of fused-ring (bicyclic) bond motifs is 2. The van der Waals surface area contributed by atoms with Crippen molar-refractivity contribution in [3.05, 3.63) is 42.8 Å². The number of ether oxygens (including phenoxy) is 3. The fraction of sp³-hybridized carbons (Fsp3) is 0.333. The van der Waals surface area contributed by atoms with Gasteiger partial charge in [-0.3, -0.25) is 33.4 Å². The first-order valence-corrected chi connectivity index (χ1v) is 16.0. The summed E-state index contributed by atoms with van der Waals surface area (Å²) in [6.07, 6.45) is 1.76. The number of thiocarbonyl (C=S) groups is 1. The Bertz CT molecular complexity index is 1830. The van der Waals surface area contributed by atoms with Crippen molar-refractivity contribution in [3.63, 3.8) is 0 Å². The van der Waals surface area contributed by atoms with Crippen LogP contribution in [0, 0.1) is 5.92 Å². The fourth-order valence-corrected chi connectivity index (χ4v) is 8.40. The summed E-state index contributed by atoms with van der Waals surface area (Å²) in [7, 11) is 0. The molecule has 0 spiro atoms. The molecule has 1 aromatic heterocycles. The molecule has 0 atom stereocenters. The van der Waals surface area contributed by atoms with Crippen molar-refractivity contribution < 1.29 is 43.6 Å². The number of aromatic nitrogens is 1. The third-order valence-corrected chi connectivity index (χ3v) is 10.4. The number of aliphatic carboxylic acids is 2. The normalized spacial score (nSPS) is 18.4. The smallest absolute Gasteiger partial charge is 0.325 e. The van der Waals surface area contributed by atoms with Gasteiger partial charge < -0.3 is 29.3 Å². The van der Waals surface area contributed by atoms with Crippen LogP contribution in [0.2, 0.25) is 0 Å². The number of rotatable bonds is 9. The lowest BCUT2D eigenvalue weighted by Crippen LogP contribution is -2.37. The van der Waals surface area contributed by atoms with E-state index in [0.29, 0.717) is 27.8 Å². The maximum absolute atomic E-state index is 13.8. The summed E-state index contributed by atoms with van der Waals surface area (Å²) >= 11 is 8.31. The summed E-state index contributed by atoms with van der Waals surface area (Å²) in [5, 5.41) is 19.4. The molecule has 1 saturated heterocycles. The SMILES string of the molecule is CCOC(=O)CN1C(=CC(=c2sc(=C3SC(=S)N(CC(=O)O)C3=O)n(CC(=O)O)c2=O)C(C)C)Sc2cc3c(cc21)OCO3. The van der Waals surface area contributed by atoms with Crippen LogP contribution in [0.15, 0.2) is 32.9 Å². The number of carbonyl (C=O) groups is 4. The molecule has 4 heterocycles. The molecule has 1 aromatic carbocycles. The summed E-state index contributed by atoms with van der Waals surface area (Å²) in [5.41, 5.74) is 0.595. The van der Waals surface area contributed by atoms with Crippen LogP contribution in [0.4, 0.5) is 5.69 Å². The second-order valence-corrected chi connectivity index (χ2v) is 13.5. The van der Waals surface area contributed by atoms with Gasteiger partial charge in [0.15, 0.2) is 11.5 Å². The van der Waals surface area contributed by atoms with Crippen LogP contribution in [0.25, 0.3) is 10.5 Å². The molecule has 3 aliphatic rings. The van der Waals surface area contributed by atoms with E-state index in [9.17, 15) is 34.2 Å². The maximum atomic E-state index is 13.8. The van der Waals surface area contributed by atoms with E-state index in [-0.39, 0.29) is 44.3 Å². The molecule has 0 radical (unpaired) electrons. The predicted octanol–water partition coefficient (Wildman–Crippen LogP) is 1.60. The number of carboxylic acids is 2. The molecule has 232 valence electrons. The van der Waals surface area contributed by atoms with Crippen molar-refractivity contribution in [1.29, 1.82) is 0 Å². The Balaban J connectivity index is 1.71. The topological polar surface area (TPSA) is 165 Å². The van der Waals surface area contributed by atoms with Crippen molar-refractivity contribution in [3.8, 4) is 11.5 Å². The molecular formula is C27H25N3O10S4. The van der Waals surface area contributed by atoms with Gasteiger partial charge in [-0.2, -0.15) is 0 Å². The van der Waals surface area contributed by atoms with E-state index in [1.807, 2.05) is 19.9 Å². The molecule has 0 unspecified atom stereocenters. The highest BCUT2D eigenvalue weighted by molar-refractivity contribution is 8.30. The van der Waals surface area contributed by atoms with Crippen LogP contribution in [-0.2, 0) is 30.5 Å². The van der Waals surface area contributed by atoms with Gasteiger partial charge in [0.25, 0.3) is 11.5 Å². The molecule has 44 heavy (non-hydrogen) atoms. The Morgan fingerprint density at radius 3 is 2.36 bits per heavy atom. The summed E-state index contributed by atoms with van der Waals surface area (Å²) in [6, 6.07) is 3.58. The minimum Gasteiger partial charge on any atom is -0.480 e. The molecule has 0 saturated carbocycles. The number of allylic oxidation sites excluding steroid dienone is 1. The van der Waals surface area contributed by atoms with Crippen molar-refractivity contribution in [2.24, 2.45) is 5.92 Å². The maximum Gasteiger partial charge on any atom is 0.325 e. The van der Waals surface area contributed by atoms with E-state index in [4.69, 9.17) is 26.4 Å². The molecule has 13 nitrogen and oxygen atoms in total. The second-order valence-electron chi connectivity index (χ2n) is 9.76. The van der Waals surface area contributed by atoms with Gasteiger partial charge in [-0.05, 0) is 24.5 Å². The third kappa shape index (κ3) is 6.09. The van der Waals surface area contributed by atoms with E-state index >= 15 is 0 Å². The minimum absolute atomic E-state index is 0.0126. The van der Waals surface area contributed by atoms with Gasteiger partial charge in [-0.1, -0.05) is 49.6 Å². The van der Waals surface area contributed by atoms with Gasteiger partial charge in [0.05, 0.1) is 21.9 Å². The van der Waals surface area contributed by atoms with Crippen molar-refractivity contribution in [1.82, 2.24) is 9.47 Å². The molecule has 1 amide bonds. The minimum atomic E-state index is -1.30. The summed E-state index contributed by atoms with van der Waals surface area (Å²) < 4.78 is 17.5. The zero-order chi connectivity index (χ0) is 31.9. The zero-order valence-corrected chi connectivity index (χ0v) is 26.7. The number of hydrogen-bond donors (Lipinski definition) is 2. The number of anilines is 1. The van der Waals surface area contributed by atoms with Crippen molar-refractivity contribution in [2.75, 3.05) is 31.4 Å². The van der Waals surface area contributed by atoms with Crippen LogP contribution < -0.4 is 29.1 Å². The molecule has 5 rings (SSSR count). The van der Waals surface area contributed by atoms with Crippen LogP contribution in [0.5, 0.6) is 11.5 Å². The van der Waals surface area contributed by atoms with E-state index in [1.54, 1.807) is 24.0 Å². The first kappa shape index (κ1) is 31.6. The van der Waals surface area contributed by atoms with Gasteiger partial charge in [-0.15, -0.1) is 11.3 Å². The lowest BCUT2D eigenvalue weighted by atomic mass is 10.0. The molecule has 0 aliphatic carbocycles. The summed E-state index contributed by atoms with van der Waals surface area (Å²) in [6.45, 7) is 4.19. The van der Waals surface area contributed by atoms with Crippen molar-refractivity contribution >= 4 is 91.4 Å². The number of benzene rings is 1. The number of thiazole rings is 1. The molecule has 17 heteroatoms. The number of hydrogen-bond acceptors (Lipinski definition) is 13. The Kier molecular flexibility index (Phi) is 9.10.